The van der Waals surface area contributed by atoms with Gasteiger partial charge in [-0.3, -0.25) is 0 Å². The smallest absolute Gasteiger partial charge is 0.260 e. The molecular formula is C131H108B2O4. The standard InChI is InChI=1S/C66H55BO2.C65H53BO2/c1-64(2,3)50-36-43(35-45(37-50)62-53-29-19-17-27-51(53)61(42-21-11-8-12-22-42)52-28-18-20-30-54(52)62)44-38-59-63-60(39-44)69-58-34-32-49(66(6,7)47-25-15-10-16-26-47)41-56(58)67(63)55-40-48(31-33-57(55)68-59)65(4,5)46-23-13-9-14-24-46;1-41(2)43-34-44(36-46(35-43)62-53-28-18-16-26-51(53)61(42-20-10-7-11-21-42)52-27-17-19-29-54(52)62)45-37-59-63-60(38-45)68-58-33-31-50(65(5,6)48-24-14-9-15-25-48)40-56(58)66(63)55-39-49(30-32-57(55)67-59)64(3,4)47-22-12-8-13-23-47/h8-41H,1-7H3;7-41H,1-6H3. The SMILES string of the molecule is CC(C)(C)c1cc(-c2cc3c4c(c2)Oc2ccc(C(C)(C)c5ccccc5)cc2B4c2cc(C(C)(C)c4ccccc4)ccc2O3)cc(-c2c3ccccc3c(-c3ccccc3)c3ccccc23)c1.CC(C)c1cc(-c2cc3c4c(c2)Oc2ccc(C(C)(C)c5ccccc5)cc2B4c2cc(C(C)(C)c4ccccc4)ccc2O3)cc(-c2c3ccccc3c(-c3ccccc3)c3ccccc23)c1. The highest BCUT2D eigenvalue weighted by molar-refractivity contribution is 6.99. The third kappa shape index (κ3) is 14.8. The highest BCUT2D eigenvalue weighted by Crippen LogP contribution is 2.52. The van der Waals surface area contributed by atoms with Crippen molar-refractivity contribution in [1.82, 2.24) is 0 Å². The predicted octanol–water partition coefficient (Wildman–Crippen LogP) is 31.2. The first-order valence-electron chi connectivity index (χ1n) is 48.6. The lowest BCUT2D eigenvalue weighted by molar-refractivity contribution is 0.463. The highest BCUT2D eigenvalue weighted by Gasteiger charge is 2.46. The van der Waals surface area contributed by atoms with Crippen LogP contribution in [0.1, 0.15) is 152 Å². The monoisotopic (exact) mass is 1770 g/mol. The molecule has 0 bridgehead atoms. The van der Waals surface area contributed by atoms with E-state index in [1.165, 1.54) is 143 Å². The fourth-order valence-electron chi connectivity index (χ4n) is 22.4. The Morgan fingerprint density at radius 3 is 0.664 bits per heavy atom. The Kier molecular flexibility index (Phi) is 20.9. The van der Waals surface area contributed by atoms with E-state index in [2.05, 4.69) is 503 Å². The number of hydrogen-bond acceptors (Lipinski definition) is 4. The molecule has 662 valence electrons. The second-order valence-corrected chi connectivity index (χ2v) is 41.5. The average molecular weight is 1770 g/mol. The molecule has 0 aliphatic carbocycles. The van der Waals surface area contributed by atoms with E-state index in [0.29, 0.717) is 5.92 Å². The largest absolute Gasteiger partial charge is 0.458 e. The Labute approximate surface area is 806 Å². The van der Waals surface area contributed by atoms with Gasteiger partial charge in [0.15, 0.2) is 0 Å². The van der Waals surface area contributed by atoms with Gasteiger partial charge in [0.25, 0.3) is 13.4 Å². The minimum atomic E-state index is -0.233. The summed E-state index contributed by atoms with van der Waals surface area (Å²) in [7, 11) is 0. The number of rotatable bonds is 15. The first-order chi connectivity index (χ1) is 66.4. The van der Waals surface area contributed by atoms with Gasteiger partial charge in [0, 0.05) is 32.6 Å². The average Bonchev–Trinajstić information content (AvgIpc) is 1.00. The van der Waals surface area contributed by atoms with Crippen molar-refractivity contribution in [2.75, 3.05) is 0 Å². The van der Waals surface area contributed by atoms with Gasteiger partial charge in [-0.1, -0.05) is 442 Å². The van der Waals surface area contributed by atoms with Crippen LogP contribution in [0.4, 0.5) is 0 Å². The van der Waals surface area contributed by atoms with Crippen molar-refractivity contribution >= 4 is 89.3 Å². The van der Waals surface area contributed by atoms with Crippen molar-refractivity contribution in [3.63, 3.8) is 0 Å². The van der Waals surface area contributed by atoms with Crippen molar-refractivity contribution in [3.8, 4) is 113 Å². The molecule has 137 heavy (non-hydrogen) atoms. The molecule has 0 spiro atoms. The van der Waals surface area contributed by atoms with E-state index in [0.717, 1.165) is 101 Å². The van der Waals surface area contributed by atoms with Crippen molar-refractivity contribution in [2.24, 2.45) is 0 Å². The summed E-state index contributed by atoms with van der Waals surface area (Å²) in [5.41, 5.74) is 32.6. The summed E-state index contributed by atoms with van der Waals surface area (Å²) in [5, 5.41) is 9.94. The minimum Gasteiger partial charge on any atom is -0.458 e. The number of hydrogen-bond donors (Lipinski definition) is 0. The molecule has 0 saturated heterocycles. The Morgan fingerprint density at radius 1 is 0.182 bits per heavy atom. The normalized spacial score (nSPS) is 13.0. The van der Waals surface area contributed by atoms with Crippen LogP contribution in [0.3, 0.4) is 0 Å². The molecule has 6 heteroatoms. The number of fused-ring (bicyclic) bond motifs is 12. The Hall–Kier alpha value is -15.2. The third-order valence-corrected chi connectivity index (χ3v) is 30.5. The lowest BCUT2D eigenvalue weighted by Crippen LogP contribution is -2.57. The summed E-state index contributed by atoms with van der Waals surface area (Å²) < 4.78 is 28.5. The van der Waals surface area contributed by atoms with E-state index in [1.807, 2.05) is 0 Å². The Morgan fingerprint density at radius 2 is 0.401 bits per heavy atom. The zero-order chi connectivity index (χ0) is 93.5. The van der Waals surface area contributed by atoms with Gasteiger partial charge in [0.05, 0.1) is 0 Å². The highest BCUT2D eigenvalue weighted by atomic mass is 16.5. The molecule has 24 rings (SSSR count). The van der Waals surface area contributed by atoms with Crippen LogP contribution in [0.2, 0.25) is 0 Å². The van der Waals surface area contributed by atoms with E-state index in [9.17, 15) is 0 Å². The van der Waals surface area contributed by atoms with Crippen LogP contribution < -0.4 is 51.7 Å². The maximum Gasteiger partial charge on any atom is 0.260 e. The number of ether oxygens (including phenoxy) is 4. The molecule has 4 heterocycles. The Balaban J connectivity index is 0.000000154. The lowest BCUT2D eigenvalue weighted by Gasteiger charge is -2.36. The molecule has 0 atom stereocenters. The second-order valence-electron chi connectivity index (χ2n) is 41.5. The van der Waals surface area contributed by atoms with Gasteiger partial charge in [-0.05, 0) is 259 Å². The zero-order valence-corrected chi connectivity index (χ0v) is 80.1. The molecule has 0 radical (unpaired) electrons. The molecule has 0 amide bonds. The summed E-state index contributed by atoms with van der Waals surface area (Å²) in [4.78, 5) is 0. The molecule has 4 nitrogen and oxygen atoms in total. The predicted molar refractivity (Wildman–Crippen MR) is 578 cm³/mol. The molecular weight excluding hydrogens is 1660 g/mol. The topological polar surface area (TPSA) is 36.9 Å². The third-order valence-electron chi connectivity index (χ3n) is 30.5. The summed E-state index contributed by atoms with van der Waals surface area (Å²) in [6.45, 7) is 29.9. The fraction of sp³-hybridized carbons (Fsp3) is 0.145. The summed E-state index contributed by atoms with van der Waals surface area (Å²) in [5.74, 6) is 7.15. The zero-order valence-electron chi connectivity index (χ0n) is 80.1. The van der Waals surface area contributed by atoms with Gasteiger partial charge >= 0.3 is 0 Å². The van der Waals surface area contributed by atoms with Crippen LogP contribution in [0.25, 0.3) is 110 Å². The second kappa shape index (κ2) is 33.4. The molecule has 0 unspecified atom stereocenters. The van der Waals surface area contributed by atoms with Gasteiger partial charge in [-0.25, -0.2) is 0 Å². The van der Waals surface area contributed by atoms with Crippen molar-refractivity contribution in [3.05, 3.63) is 468 Å². The molecule has 0 saturated carbocycles. The molecule has 0 aromatic heterocycles. The van der Waals surface area contributed by atoms with Gasteiger partial charge < -0.3 is 18.9 Å². The molecule has 20 aromatic rings. The first kappa shape index (κ1) is 85.9. The van der Waals surface area contributed by atoms with Crippen LogP contribution >= 0.6 is 0 Å². The maximum absolute atomic E-state index is 7.14. The van der Waals surface area contributed by atoms with E-state index < -0.39 is 0 Å². The van der Waals surface area contributed by atoms with E-state index in [1.54, 1.807) is 0 Å². The quantitative estimate of drug-likeness (QED) is 0.0757. The van der Waals surface area contributed by atoms with Gasteiger partial charge in [0.1, 0.15) is 46.0 Å². The van der Waals surface area contributed by atoms with Crippen LogP contribution in [0.5, 0.6) is 46.0 Å². The van der Waals surface area contributed by atoms with Gasteiger partial charge in [-0.15, -0.1) is 0 Å². The van der Waals surface area contributed by atoms with Crippen molar-refractivity contribution in [2.45, 2.75) is 123 Å². The van der Waals surface area contributed by atoms with Crippen molar-refractivity contribution < 1.29 is 18.9 Å². The van der Waals surface area contributed by atoms with Crippen LogP contribution in [0, 0.1) is 0 Å². The summed E-state index contributed by atoms with van der Waals surface area (Å²) >= 11 is 0. The molecule has 0 fully saturated rings. The molecule has 20 aromatic carbocycles. The lowest BCUT2D eigenvalue weighted by atomic mass is 9.34. The maximum atomic E-state index is 7.14. The first-order valence-corrected chi connectivity index (χ1v) is 48.6. The van der Waals surface area contributed by atoms with E-state index in [-0.39, 0.29) is 40.5 Å². The van der Waals surface area contributed by atoms with Crippen molar-refractivity contribution in [1.29, 1.82) is 0 Å². The summed E-state index contributed by atoms with van der Waals surface area (Å²) in [6.07, 6.45) is 0. The minimum absolute atomic E-state index is 0.0991. The Bertz CT molecular complexity index is 7830. The fourth-order valence-corrected chi connectivity index (χ4v) is 22.4. The van der Waals surface area contributed by atoms with E-state index >= 15 is 0 Å². The summed E-state index contributed by atoms with van der Waals surface area (Å²) in [6, 6.07) is 151. The van der Waals surface area contributed by atoms with Gasteiger partial charge in [0.2, 0.25) is 0 Å². The van der Waals surface area contributed by atoms with Crippen LogP contribution in [-0.2, 0) is 27.1 Å². The van der Waals surface area contributed by atoms with Gasteiger partial charge in [-0.2, -0.15) is 0 Å². The van der Waals surface area contributed by atoms with Crippen LogP contribution in [0.15, 0.2) is 413 Å². The molecule has 4 aliphatic heterocycles. The van der Waals surface area contributed by atoms with E-state index in [4.69, 9.17) is 18.9 Å². The molecule has 4 aliphatic rings. The van der Waals surface area contributed by atoms with Crippen LogP contribution in [-0.4, -0.2) is 13.4 Å². The number of benzene rings is 20. The molecule has 0 N–H and O–H groups in total.